The molecule has 1 aromatic heterocycles. The molecule has 30 heavy (non-hydrogen) atoms. The van der Waals surface area contributed by atoms with Crippen molar-refractivity contribution in [3.8, 4) is 0 Å². The number of aryl methyl sites for hydroxylation is 1. The number of anilines is 1. The fraction of sp³-hybridized carbons (Fsp3) is 0.200. The van der Waals surface area contributed by atoms with Gasteiger partial charge in [0.15, 0.2) is 0 Å². The lowest BCUT2D eigenvalue weighted by molar-refractivity contribution is -0.120. The molecule has 3 rings (SSSR count). The third-order valence-electron chi connectivity index (χ3n) is 4.41. The van der Waals surface area contributed by atoms with Gasteiger partial charge in [0.05, 0.1) is 11.9 Å². The second-order valence-electron chi connectivity index (χ2n) is 6.70. The summed E-state index contributed by atoms with van der Waals surface area (Å²) < 4.78 is 27.4. The van der Waals surface area contributed by atoms with Crippen LogP contribution in [0.25, 0.3) is 0 Å². The first-order chi connectivity index (χ1) is 14.1. The zero-order valence-corrected chi connectivity index (χ0v) is 18.6. The largest absolute Gasteiger partial charge is 0.341 e. The monoisotopic (exact) mass is 466 g/mol. The second kappa shape index (κ2) is 9.07. The number of nitrogens with one attached hydrogen (secondary N) is 1. The number of carbonyl (C=O) groups is 1. The Kier molecular flexibility index (Phi) is 6.70. The molecule has 1 atom stereocenters. The summed E-state index contributed by atoms with van der Waals surface area (Å²) in [5.41, 5.74) is 1.07. The number of hydrogen-bond donors (Lipinski definition) is 1. The molecular formula is C20H20Cl2N4O3S. The first-order valence-electron chi connectivity index (χ1n) is 8.90. The average Bonchev–Trinajstić information content (AvgIpc) is 3.10. The predicted molar refractivity (Wildman–Crippen MR) is 118 cm³/mol. The fourth-order valence-electron chi connectivity index (χ4n) is 2.98. The minimum Gasteiger partial charge on any atom is -0.341 e. The molecule has 0 aliphatic rings. The number of nitrogens with zero attached hydrogens (tertiary/aromatic N) is 3. The van der Waals surface area contributed by atoms with E-state index in [0.29, 0.717) is 21.6 Å². The van der Waals surface area contributed by atoms with Crippen LogP contribution in [0.1, 0.15) is 17.4 Å². The number of halogens is 2. The van der Waals surface area contributed by atoms with E-state index in [-0.39, 0.29) is 0 Å². The Labute approximate surface area is 185 Å². The van der Waals surface area contributed by atoms with E-state index in [1.807, 2.05) is 7.05 Å². The Balaban J connectivity index is 1.89. The van der Waals surface area contributed by atoms with Crippen molar-refractivity contribution in [2.45, 2.75) is 6.04 Å². The molecule has 0 saturated carbocycles. The van der Waals surface area contributed by atoms with Crippen LogP contribution in [0.4, 0.5) is 5.69 Å². The molecule has 158 valence electrons. The molecule has 1 N–H and O–H groups in total. The smallest absolute Gasteiger partial charge is 0.241 e. The van der Waals surface area contributed by atoms with Gasteiger partial charge in [0.1, 0.15) is 18.4 Å². The first-order valence-corrected chi connectivity index (χ1v) is 11.5. The molecule has 3 aromatic rings. The number of imidazole rings is 1. The molecule has 0 spiro atoms. The van der Waals surface area contributed by atoms with E-state index in [4.69, 9.17) is 23.2 Å². The number of carbonyl (C=O) groups excluding carboxylic acids is 1. The number of benzene rings is 2. The number of hydrogen-bond acceptors (Lipinski definition) is 4. The Hall–Kier alpha value is -2.55. The van der Waals surface area contributed by atoms with E-state index in [9.17, 15) is 13.2 Å². The molecule has 0 bridgehead atoms. The minimum absolute atomic E-state index is 0.306. The van der Waals surface area contributed by atoms with Crippen LogP contribution in [0.2, 0.25) is 10.0 Å². The van der Waals surface area contributed by atoms with E-state index in [1.165, 1.54) is 6.07 Å². The van der Waals surface area contributed by atoms with Crippen LogP contribution in [0, 0.1) is 0 Å². The normalized spacial score (nSPS) is 12.4. The maximum atomic E-state index is 12.9. The van der Waals surface area contributed by atoms with Gasteiger partial charge in [0.25, 0.3) is 0 Å². The number of rotatable bonds is 7. The summed E-state index contributed by atoms with van der Waals surface area (Å²) in [6.07, 6.45) is 4.43. The van der Waals surface area contributed by atoms with Crippen molar-refractivity contribution < 1.29 is 13.2 Å². The second-order valence-corrected chi connectivity index (χ2v) is 9.48. The minimum atomic E-state index is -3.72. The van der Waals surface area contributed by atoms with Crippen LogP contribution in [0.15, 0.2) is 60.9 Å². The van der Waals surface area contributed by atoms with Gasteiger partial charge in [-0.25, -0.2) is 13.4 Å². The van der Waals surface area contributed by atoms with Crippen molar-refractivity contribution in [1.82, 2.24) is 14.9 Å². The van der Waals surface area contributed by atoms with Crippen molar-refractivity contribution in [3.63, 3.8) is 0 Å². The highest BCUT2D eigenvalue weighted by Gasteiger charge is 2.25. The lowest BCUT2D eigenvalue weighted by atomic mass is 10.1. The summed E-state index contributed by atoms with van der Waals surface area (Å²) in [7, 11) is -1.91. The molecule has 0 unspecified atom stereocenters. The van der Waals surface area contributed by atoms with Crippen LogP contribution in [-0.2, 0) is 21.9 Å². The van der Waals surface area contributed by atoms with Gasteiger partial charge < -0.3 is 9.88 Å². The summed E-state index contributed by atoms with van der Waals surface area (Å²) in [5, 5.41) is 3.81. The summed E-state index contributed by atoms with van der Waals surface area (Å²) in [6, 6.07) is 12.7. The van der Waals surface area contributed by atoms with Crippen LogP contribution in [0.3, 0.4) is 0 Å². The van der Waals surface area contributed by atoms with Gasteiger partial charge in [0.2, 0.25) is 15.9 Å². The third kappa shape index (κ3) is 5.33. The molecule has 0 aliphatic carbocycles. The summed E-state index contributed by atoms with van der Waals surface area (Å²) in [6.45, 7) is -0.409. The van der Waals surface area contributed by atoms with Crippen LogP contribution in [0.5, 0.6) is 0 Å². The molecule has 0 saturated heterocycles. The molecule has 0 fully saturated rings. The van der Waals surface area contributed by atoms with Crippen molar-refractivity contribution in [3.05, 3.63) is 82.4 Å². The van der Waals surface area contributed by atoms with Gasteiger partial charge in [-0.05, 0) is 35.9 Å². The topological polar surface area (TPSA) is 84.3 Å². The highest BCUT2D eigenvalue weighted by Crippen LogP contribution is 2.24. The van der Waals surface area contributed by atoms with E-state index >= 15 is 0 Å². The maximum absolute atomic E-state index is 12.9. The van der Waals surface area contributed by atoms with Crippen molar-refractivity contribution in [2.24, 2.45) is 7.05 Å². The highest BCUT2D eigenvalue weighted by atomic mass is 35.5. The van der Waals surface area contributed by atoms with Gasteiger partial charge in [-0.3, -0.25) is 9.10 Å². The lowest BCUT2D eigenvalue weighted by Gasteiger charge is -2.24. The number of aromatic nitrogens is 2. The Morgan fingerprint density at radius 3 is 2.43 bits per heavy atom. The number of amides is 1. The summed E-state index contributed by atoms with van der Waals surface area (Å²) in [5.74, 6) is 0.0997. The summed E-state index contributed by atoms with van der Waals surface area (Å²) in [4.78, 5) is 17.2. The van der Waals surface area contributed by atoms with Crippen LogP contribution in [-0.4, -0.2) is 36.7 Å². The summed E-state index contributed by atoms with van der Waals surface area (Å²) >= 11 is 12.0. The Bertz CT molecular complexity index is 1150. The Morgan fingerprint density at radius 2 is 1.87 bits per heavy atom. The third-order valence-corrected chi connectivity index (χ3v) is 6.04. The predicted octanol–water partition coefficient (Wildman–Crippen LogP) is 3.40. The zero-order valence-electron chi connectivity index (χ0n) is 16.3. The van der Waals surface area contributed by atoms with Crippen molar-refractivity contribution in [2.75, 3.05) is 17.1 Å². The van der Waals surface area contributed by atoms with Crippen LogP contribution < -0.4 is 9.62 Å². The fourth-order valence-corrected chi connectivity index (χ4v) is 4.13. The number of sulfonamides is 1. The standard InChI is InChI=1S/C20H20Cl2N4O3S/c1-25-11-10-23-20(25)19(14-6-8-15(21)9-7-14)24-18(27)13-26(30(2,28)29)17-5-3-4-16(22)12-17/h3-12,19H,13H2,1-2H3,(H,24,27)/t19-/m0/s1. The lowest BCUT2D eigenvalue weighted by Crippen LogP contribution is -2.42. The van der Waals surface area contributed by atoms with E-state index in [1.54, 1.807) is 59.4 Å². The van der Waals surface area contributed by atoms with Crippen molar-refractivity contribution in [1.29, 1.82) is 0 Å². The van der Waals surface area contributed by atoms with Gasteiger partial charge in [-0.15, -0.1) is 0 Å². The van der Waals surface area contributed by atoms with Crippen molar-refractivity contribution >= 4 is 44.8 Å². The highest BCUT2D eigenvalue weighted by molar-refractivity contribution is 7.92. The molecule has 0 aliphatic heterocycles. The zero-order chi connectivity index (χ0) is 21.9. The first kappa shape index (κ1) is 22.1. The molecule has 10 heteroatoms. The van der Waals surface area contributed by atoms with E-state index in [2.05, 4.69) is 10.3 Å². The Morgan fingerprint density at radius 1 is 1.17 bits per heavy atom. The molecular weight excluding hydrogens is 447 g/mol. The maximum Gasteiger partial charge on any atom is 0.241 e. The average molecular weight is 467 g/mol. The molecule has 0 radical (unpaired) electrons. The van der Waals surface area contributed by atoms with E-state index < -0.39 is 28.5 Å². The van der Waals surface area contributed by atoms with Gasteiger partial charge >= 0.3 is 0 Å². The SMILES string of the molecule is Cn1ccnc1[C@@H](NC(=O)CN(c1cccc(Cl)c1)S(C)(=O)=O)c1ccc(Cl)cc1. The molecule has 7 nitrogen and oxygen atoms in total. The van der Waals surface area contributed by atoms with E-state index in [0.717, 1.165) is 16.1 Å². The van der Waals surface area contributed by atoms with Gasteiger partial charge in [-0.1, -0.05) is 41.4 Å². The molecule has 1 amide bonds. The molecule has 1 heterocycles. The quantitative estimate of drug-likeness (QED) is 0.578. The van der Waals surface area contributed by atoms with Gasteiger partial charge in [0, 0.05) is 29.5 Å². The van der Waals surface area contributed by atoms with Gasteiger partial charge in [-0.2, -0.15) is 0 Å². The molecule has 2 aromatic carbocycles. The van der Waals surface area contributed by atoms with Crippen LogP contribution >= 0.6 is 23.2 Å².